The van der Waals surface area contributed by atoms with Crippen LogP contribution in [0.25, 0.3) is 0 Å². The molecule has 1 aromatic rings. The number of aromatic amines is 1. The fourth-order valence-corrected chi connectivity index (χ4v) is 1.45. The first kappa shape index (κ1) is 11.6. The maximum atomic E-state index is 11.6. The van der Waals surface area contributed by atoms with E-state index < -0.39 is 0 Å². The molecule has 0 radical (unpaired) electrons. The molecule has 0 aliphatic rings. The van der Waals surface area contributed by atoms with Gasteiger partial charge in [0.15, 0.2) is 0 Å². The zero-order valence-corrected chi connectivity index (χ0v) is 9.34. The van der Waals surface area contributed by atoms with Gasteiger partial charge in [0, 0.05) is 18.4 Å². The minimum Gasteiger partial charge on any atom is -0.397 e. The standard InChI is InChI=1S/C11H19N3O/c1-3-8(4-2)6-14-11(15)10-5-9(12)7-13-10/h5,7-8,13H,3-4,6,12H2,1-2H3,(H,14,15). The highest BCUT2D eigenvalue weighted by Gasteiger charge is 2.09. The SMILES string of the molecule is CCC(CC)CNC(=O)c1cc(N)c[nH]1. The van der Waals surface area contributed by atoms with E-state index in [-0.39, 0.29) is 5.91 Å². The zero-order valence-electron chi connectivity index (χ0n) is 9.34. The highest BCUT2D eigenvalue weighted by atomic mass is 16.1. The summed E-state index contributed by atoms with van der Waals surface area (Å²) in [5, 5.41) is 2.89. The van der Waals surface area contributed by atoms with Crippen LogP contribution >= 0.6 is 0 Å². The fourth-order valence-electron chi connectivity index (χ4n) is 1.45. The van der Waals surface area contributed by atoms with E-state index in [1.165, 1.54) is 0 Å². The number of rotatable bonds is 5. The zero-order chi connectivity index (χ0) is 11.3. The molecule has 4 nitrogen and oxygen atoms in total. The van der Waals surface area contributed by atoms with Gasteiger partial charge in [-0.1, -0.05) is 26.7 Å². The molecule has 0 unspecified atom stereocenters. The summed E-state index contributed by atoms with van der Waals surface area (Å²) in [4.78, 5) is 14.4. The van der Waals surface area contributed by atoms with E-state index >= 15 is 0 Å². The lowest BCUT2D eigenvalue weighted by molar-refractivity contribution is 0.0942. The Balaban J connectivity index is 2.42. The minimum atomic E-state index is -0.0846. The molecule has 0 aliphatic carbocycles. The van der Waals surface area contributed by atoms with E-state index in [1.807, 2.05) is 0 Å². The van der Waals surface area contributed by atoms with Gasteiger partial charge in [-0.15, -0.1) is 0 Å². The van der Waals surface area contributed by atoms with Crippen molar-refractivity contribution in [1.29, 1.82) is 0 Å². The second-order valence-electron chi connectivity index (χ2n) is 3.74. The van der Waals surface area contributed by atoms with Crippen molar-refractivity contribution < 1.29 is 4.79 Å². The predicted molar refractivity (Wildman–Crippen MR) is 61.6 cm³/mol. The quantitative estimate of drug-likeness (QED) is 0.691. The molecular formula is C11H19N3O. The highest BCUT2D eigenvalue weighted by molar-refractivity contribution is 5.93. The monoisotopic (exact) mass is 209 g/mol. The van der Waals surface area contributed by atoms with Crippen LogP contribution in [0, 0.1) is 5.92 Å². The third-order valence-corrected chi connectivity index (χ3v) is 2.66. The molecule has 0 atom stereocenters. The van der Waals surface area contributed by atoms with Gasteiger partial charge in [0.05, 0.1) is 0 Å². The summed E-state index contributed by atoms with van der Waals surface area (Å²) in [6.45, 7) is 4.99. The summed E-state index contributed by atoms with van der Waals surface area (Å²) in [6, 6.07) is 1.64. The number of anilines is 1. The van der Waals surface area contributed by atoms with Gasteiger partial charge in [0.1, 0.15) is 5.69 Å². The molecule has 0 saturated heterocycles. The summed E-state index contributed by atoms with van der Waals surface area (Å²) in [7, 11) is 0. The number of nitrogens with two attached hydrogens (primary N) is 1. The van der Waals surface area contributed by atoms with Gasteiger partial charge in [0.2, 0.25) is 0 Å². The Kier molecular flexibility index (Phi) is 4.21. The highest BCUT2D eigenvalue weighted by Crippen LogP contribution is 2.07. The molecule has 1 amide bonds. The van der Waals surface area contributed by atoms with E-state index in [0.29, 0.717) is 17.3 Å². The van der Waals surface area contributed by atoms with Crippen molar-refractivity contribution in [2.45, 2.75) is 26.7 Å². The first-order valence-corrected chi connectivity index (χ1v) is 5.39. The largest absolute Gasteiger partial charge is 0.397 e. The van der Waals surface area contributed by atoms with Crippen LogP contribution in [0.2, 0.25) is 0 Å². The fraction of sp³-hybridized carbons (Fsp3) is 0.545. The molecular weight excluding hydrogens is 190 g/mol. The van der Waals surface area contributed by atoms with E-state index in [4.69, 9.17) is 5.73 Å². The molecule has 1 rings (SSSR count). The summed E-state index contributed by atoms with van der Waals surface area (Å²) < 4.78 is 0. The Hall–Kier alpha value is -1.45. The van der Waals surface area contributed by atoms with Crippen LogP contribution in [0.3, 0.4) is 0 Å². The molecule has 4 heteroatoms. The van der Waals surface area contributed by atoms with Crippen molar-refractivity contribution in [2.75, 3.05) is 12.3 Å². The van der Waals surface area contributed by atoms with Crippen LogP contribution < -0.4 is 11.1 Å². The van der Waals surface area contributed by atoms with Crippen molar-refractivity contribution in [3.63, 3.8) is 0 Å². The van der Waals surface area contributed by atoms with Gasteiger partial charge in [-0.25, -0.2) is 0 Å². The first-order valence-electron chi connectivity index (χ1n) is 5.39. The van der Waals surface area contributed by atoms with E-state index in [0.717, 1.165) is 19.4 Å². The maximum Gasteiger partial charge on any atom is 0.267 e. The molecule has 0 fully saturated rings. The lowest BCUT2D eigenvalue weighted by Gasteiger charge is -2.12. The van der Waals surface area contributed by atoms with Crippen LogP contribution in [-0.2, 0) is 0 Å². The van der Waals surface area contributed by atoms with Crippen LogP contribution in [0.5, 0.6) is 0 Å². The van der Waals surface area contributed by atoms with E-state index in [1.54, 1.807) is 12.3 Å². The summed E-state index contributed by atoms with van der Waals surface area (Å²) >= 11 is 0. The molecule has 1 aromatic heterocycles. The number of nitrogens with one attached hydrogen (secondary N) is 2. The summed E-state index contributed by atoms with van der Waals surface area (Å²) in [5.41, 5.74) is 6.63. The Morgan fingerprint density at radius 1 is 1.53 bits per heavy atom. The smallest absolute Gasteiger partial charge is 0.267 e. The van der Waals surface area contributed by atoms with Gasteiger partial charge in [-0.3, -0.25) is 4.79 Å². The number of carbonyl (C=O) groups is 1. The number of hydrogen-bond donors (Lipinski definition) is 3. The Morgan fingerprint density at radius 2 is 2.20 bits per heavy atom. The van der Waals surface area contributed by atoms with Crippen molar-refractivity contribution in [2.24, 2.45) is 5.92 Å². The number of H-pyrrole nitrogens is 1. The molecule has 1 heterocycles. The van der Waals surface area contributed by atoms with Crippen LogP contribution in [0.4, 0.5) is 5.69 Å². The third-order valence-electron chi connectivity index (χ3n) is 2.66. The Bertz CT molecular complexity index is 315. The lowest BCUT2D eigenvalue weighted by Crippen LogP contribution is -2.29. The molecule has 0 aliphatic heterocycles. The van der Waals surface area contributed by atoms with Crippen LogP contribution in [0.1, 0.15) is 37.2 Å². The number of carbonyl (C=O) groups excluding carboxylic acids is 1. The van der Waals surface area contributed by atoms with Crippen LogP contribution in [0.15, 0.2) is 12.3 Å². The Labute approximate surface area is 90.2 Å². The van der Waals surface area contributed by atoms with Gasteiger partial charge in [0.25, 0.3) is 5.91 Å². The molecule has 15 heavy (non-hydrogen) atoms. The number of aromatic nitrogens is 1. The van der Waals surface area contributed by atoms with Gasteiger partial charge >= 0.3 is 0 Å². The molecule has 84 valence electrons. The summed E-state index contributed by atoms with van der Waals surface area (Å²) in [6.07, 6.45) is 3.79. The van der Waals surface area contributed by atoms with Crippen molar-refractivity contribution in [3.8, 4) is 0 Å². The average molecular weight is 209 g/mol. The second kappa shape index (κ2) is 5.44. The van der Waals surface area contributed by atoms with Crippen molar-refractivity contribution in [1.82, 2.24) is 10.3 Å². The number of hydrogen-bond acceptors (Lipinski definition) is 2. The molecule has 0 bridgehead atoms. The predicted octanol–water partition coefficient (Wildman–Crippen LogP) is 1.76. The topological polar surface area (TPSA) is 70.9 Å². The molecule has 0 spiro atoms. The third kappa shape index (κ3) is 3.31. The van der Waals surface area contributed by atoms with Crippen molar-refractivity contribution >= 4 is 11.6 Å². The first-order chi connectivity index (χ1) is 7.17. The second-order valence-corrected chi connectivity index (χ2v) is 3.74. The van der Waals surface area contributed by atoms with E-state index in [9.17, 15) is 4.79 Å². The van der Waals surface area contributed by atoms with Gasteiger partial charge < -0.3 is 16.0 Å². The van der Waals surface area contributed by atoms with Gasteiger partial charge in [-0.05, 0) is 12.0 Å². The maximum absolute atomic E-state index is 11.6. The Morgan fingerprint density at radius 3 is 2.67 bits per heavy atom. The minimum absolute atomic E-state index is 0.0846. The number of nitrogen functional groups attached to an aromatic ring is 1. The van der Waals surface area contributed by atoms with E-state index in [2.05, 4.69) is 24.1 Å². The number of amides is 1. The molecule has 0 saturated carbocycles. The van der Waals surface area contributed by atoms with Crippen LogP contribution in [-0.4, -0.2) is 17.4 Å². The molecule has 0 aromatic carbocycles. The van der Waals surface area contributed by atoms with Gasteiger partial charge in [-0.2, -0.15) is 0 Å². The van der Waals surface area contributed by atoms with Crippen molar-refractivity contribution in [3.05, 3.63) is 18.0 Å². The lowest BCUT2D eigenvalue weighted by atomic mass is 10.0. The molecule has 4 N–H and O–H groups in total. The summed E-state index contributed by atoms with van der Waals surface area (Å²) in [5.74, 6) is 0.472. The average Bonchev–Trinajstić information content (AvgIpc) is 2.66. The normalized spacial score (nSPS) is 10.6.